The van der Waals surface area contributed by atoms with E-state index in [1.54, 1.807) is 0 Å². The third-order valence-corrected chi connectivity index (χ3v) is 2.14. The largest absolute Gasteiger partial charge is 0.394 e. The first-order valence-corrected chi connectivity index (χ1v) is 4.90. The second kappa shape index (κ2) is 5.90. The Hall–Kier alpha value is -2.24. The van der Waals surface area contributed by atoms with Gasteiger partial charge in [0.25, 0.3) is 5.69 Å². The summed E-state index contributed by atoms with van der Waals surface area (Å²) in [6, 6.07) is 3.11. The molecule has 0 heterocycles. The quantitative estimate of drug-likeness (QED) is 0.516. The first kappa shape index (κ1) is 13.8. The smallest absolute Gasteiger partial charge is 0.293 e. The number of nitrogens with zero attached hydrogens (tertiary/aromatic N) is 2. The fourth-order valence-corrected chi connectivity index (χ4v) is 1.23. The zero-order valence-electron chi connectivity index (χ0n) is 9.13. The fraction of sp³-hybridized carbons (Fsp3) is 0.300. The Morgan fingerprint density at radius 3 is 2.78 bits per heavy atom. The maximum atomic E-state index is 13.3. The van der Waals surface area contributed by atoms with Crippen molar-refractivity contribution in [3.05, 3.63) is 33.6 Å². The number of nitrogens with one attached hydrogen (secondary N) is 1. The molecule has 0 saturated carbocycles. The molecular formula is C10H10FN3O4. The second-order valence-electron chi connectivity index (χ2n) is 3.44. The van der Waals surface area contributed by atoms with Crippen molar-refractivity contribution < 1.29 is 19.5 Å². The Morgan fingerprint density at radius 1 is 1.61 bits per heavy atom. The van der Waals surface area contributed by atoms with E-state index in [2.05, 4.69) is 5.32 Å². The minimum absolute atomic E-state index is 0.163. The average Bonchev–Trinajstić information content (AvgIpc) is 2.35. The van der Waals surface area contributed by atoms with Crippen LogP contribution in [0.5, 0.6) is 0 Å². The van der Waals surface area contributed by atoms with Crippen molar-refractivity contribution in [3.63, 3.8) is 0 Å². The monoisotopic (exact) mass is 255 g/mol. The summed E-state index contributed by atoms with van der Waals surface area (Å²) >= 11 is 0. The van der Waals surface area contributed by atoms with Gasteiger partial charge in [-0.25, -0.2) is 4.39 Å². The Labute approximate surface area is 101 Å². The topological polar surface area (TPSA) is 119 Å². The van der Waals surface area contributed by atoms with Crippen LogP contribution < -0.4 is 5.32 Å². The molecule has 0 aliphatic carbocycles. The van der Waals surface area contributed by atoms with Gasteiger partial charge in [0.2, 0.25) is 0 Å². The third kappa shape index (κ3) is 3.13. The van der Waals surface area contributed by atoms with E-state index in [0.29, 0.717) is 0 Å². The average molecular weight is 255 g/mol. The highest BCUT2D eigenvalue weighted by Crippen LogP contribution is 2.27. The molecule has 1 aromatic carbocycles. The van der Waals surface area contributed by atoms with Crippen molar-refractivity contribution in [1.29, 1.82) is 5.26 Å². The Morgan fingerprint density at radius 2 is 2.28 bits per heavy atom. The summed E-state index contributed by atoms with van der Waals surface area (Å²) in [5.41, 5.74) is -1.07. The number of benzene rings is 1. The number of aliphatic hydroxyl groups is 2. The predicted molar refractivity (Wildman–Crippen MR) is 59.4 cm³/mol. The van der Waals surface area contributed by atoms with Gasteiger partial charge in [0.05, 0.1) is 23.2 Å². The zero-order chi connectivity index (χ0) is 13.7. The second-order valence-corrected chi connectivity index (χ2v) is 3.44. The molecule has 0 aliphatic rings. The molecule has 18 heavy (non-hydrogen) atoms. The molecule has 1 unspecified atom stereocenters. The number of hydrogen-bond acceptors (Lipinski definition) is 6. The molecule has 1 aromatic rings. The van der Waals surface area contributed by atoms with Gasteiger partial charge >= 0.3 is 0 Å². The van der Waals surface area contributed by atoms with Gasteiger partial charge in [-0.3, -0.25) is 10.1 Å². The standard InChI is InChI=1S/C10H10FN3O4/c11-8-2-9(13-4-7(16)5-15)10(14(17)18)1-6(8)3-12/h1-2,7,13,15-16H,4-5H2. The lowest BCUT2D eigenvalue weighted by Gasteiger charge is -2.10. The van der Waals surface area contributed by atoms with E-state index >= 15 is 0 Å². The minimum atomic E-state index is -1.12. The minimum Gasteiger partial charge on any atom is -0.394 e. The maximum absolute atomic E-state index is 13.3. The first-order chi connectivity index (χ1) is 8.49. The van der Waals surface area contributed by atoms with Crippen LogP contribution in [-0.4, -0.2) is 34.4 Å². The van der Waals surface area contributed by atoms with E-state index in [4.69, 9.17) is 15.5 Å². The molecule has 0 saturated heterocycles. The van der Waals surface area contributed by atoms with Gasteiger partial charge in [-0.15, -0.1) is 0 Å². The van der Waals surface area contributed by atoms with Gasteiger partial charge in [0, 0.05) is 18.7 Å². The summed E-state index contributed by atoms with van der Waals surface area (Å²) in [7, 11) is 0. The molecule has 0 aromatic heterocycles. The summed E-state index contributed by atoms with van der Waals surface area (Å²) in [6.45, 7) is -0.706. The van der Waals surface area contributed by atoms with Crippen molar-refractivity contribution in [2.75, 3.05) is 18.5 Å². The van der Waals surface area contributed by atoms with Crippen LogP contribution in [0.25, 0.3) is 0 Å². The maximum Gasteiger partial charge on any atom is 0.293 e. The normalized spacial score (nSPS) is 11.7. The molecule has 0 aliphatic heterocycles. The van der Waals surface area contributed by atoms with E-state index in [9.17, 15) is 14.5 Å². The molecule has 96 valence electrons. The van der Waals surface area contributed by atoms with Crippen LogP contribution in [0.4, 0.5) is 15.8 Å². The highest BCUT2D eigenvalue weighted by Gasteiger charge is 2.18. The first-order valence-electron chi connectivity index (χ1n) is 4.90. The van der Waals surface area contributed by atoms with Crippen LogP contribution in [0.1, 0.15) is 5.56 Å². The van der Waals surface area contributed by atoms with Crippen LogP contribution >= 0.6 is 0 Å². The Bertz CT molecular complexity index is 501. The highest BCUT2D eigenvalue weighted by molar-refractivity contribution is 5.64. The fourth-order valence-electron chi connectivity index (χ4n) is 1.23. The third-order valence-electron chi connectivity index (χ3n) is 2.14. The molecule has 0 spiro atoms. The van der Waals surface area contributed by atoms with E-state index in [1.165, 1.54) is 6.07 Å². The Kier molecular flexibility index (Phi) is 4.53. The van der Waals surface area contributed by atoms with Gasteiger partial charge in [-0.05, 0) is 0 Å². The molecular weight excluding hydrogens is 245 g/mol. The molecule has 3 N–H and O–H groups in total. The molecule has 8 heteroatoms. The lowest BCUT2D eigenvalue weighted by Crippen LogP contribution is -2.23. The predicted octanol–water partition coefficient (Wildman–Crippen LogP) is 0.371. The van der Waals surface area contributed by atoms with Crippen molar-refractivity contribution in [3.8, 4) is 6.07 Å². The molecule has 7 nitrogen and oxygen atoms in total. The molecule has 0 bridgehead atoms. The highest BCUT2D eigenvalue weighted by atomic mass is 19.1. The molecule has 0 amide bonds. The van der Waals surface area contributed by atoms with Crippen molar-refractivity contribution in [1.82, 2.24) is 0 Å². The summed E-state index contributed by atoms with van der Waals surface area (Å²) in [4.78, 5) is 9.97. The van der Waals surface area contributed by atoms with Gasteiger partial charge < -0.3 is 15.5 Å². The number of rotatable bonds is 5. The number of hydrogen-bond donors (Lipinski definition) is 3. The number of anilines is 1. The van der Waals surface area contributed by atoms with Crippen molar-refractivity contribution in [2.24, 2.45) is 0 Å². The van der Waals surface area contributed by atoms with Crippen molar-refractivity contribution >= 4 is 11.4 Å². The van der Waals surface area contributed by atoms with Crippen molar-refractivity contribution in [2.45, 2.75) is 6.10 Å². The SMILES string of the molecule is N#Cc1cc([N+](=O)[O-])c(NCC(O)CO)cc1F. The Balaban J connectivity index is 3.06. The van der Waals surface area contributed by atoms with Crippen LogP contribution in [-0.2, 0) is 0 Å². The summed E-state index contributed by atoms with van der Waals surface area (Å²) in [5, 5.41) is 39.4. The molecule has 1 rings (SSSR count). The lowest BCUT2D eigenvalue weighted by atomic mass is 10.1. The van der Waals surface area contributed by atoms with Gasteiger partial charge in [0.15, 0.2) is 0 Å². The molecule has 1 atom stereocenters. The number of halogens is 1. The van der Waals surface area contributed by atoms with E-state index in [0.717, 1.165) is 12.1 Å². The number of aliphatic hydroxyl groups excluding tert-OH is 2. The van der Waals surface area contributed by atoms with Crippen LogP contribution in [0, 0.1) is 27.3 Å². The summed E-state index contributed by atoms with van der Waals surface area (Å²) in [5.74, 6) is -0.899. The van der Waals surface area contributed by atoms with Crippen LogP contribution in [0.15, 0.2) is 12.1 Å². The van der Waals surface area contributed by atoms with Crippen LogP contribution in [0.2, 0.25) is 0 Å². The molecule has 0 fully saturated rings. The van der Waals surface area contributed by atoms with E-state index in [1.807, 2.05) is 0 Å². The number of nitro groups is 1. The lowest BCUT2D eigenvalue weighted by molar-refractivity contribution is -0.384. The van der Waals surface area contributed by atoms with Gasteiger partial charge in [-0.2, -0.15) is 5.26 Å². The van der Waals surface area contributed by atoms with Crippen LogP contribution in [0.3, 0.4) is 0 Å². The summed E-state index contributed by atoms with van der Waals surface area (Å²) < 4.78 is 13.3. The zero-order valence-corrected chi connectivity index (χ0v) is 9.13. The summed E-state index contributed by atoms with van der Waals surface area (Å²) in [6.07, 6.45) is -1.12. The van der Waals surface area contributed by atoms with E-state index in [-0.39, 0.29) is 12.2 Å². The molecule has 0 radical (unpaired) electrons. The number of nitro benzene ring substituents is 1. The van der Waals surface area contributed by atoms with Gasteiger partial charge in [0.1, 0.15) is 17.6 Å². The number of nitriles is 1. The van der Waals surface area contributed by atoms with Gasteiger partial charge in [-0.1, -0.05) is 0 Å². The van der Waals surface area contributed by atoms with E-state index < -0.39 is 34.7 Å².